The zero-order chi connectivity index (χ0) is 15.0. The van der Waals surface area contributed by atoms with Crippen LogP contribution in [-0.2, 0) is 9.53 Å². The lowest BCUT2D eigenvalue weighted by molar-refractivity contribution is -0.138. The number of benzene rings is 1. The standard InChI is InChI=1S/C16H23NO3.ClH/c1-13(2)17(3)11-12-20-16(18)10-7-14-5-8-15(19-4)9-6-14;/h5-10,13H,11-12H2,1-4H3;1H. The van der Waals surface area contributed by atoms with Crippen LogP contribution in [0, 0.1) is 0 Å². The molecule has 0 atom stereocenters. The van der Waals surface area contributed by atoms with E-state index in [2.05, 4.69) is 18.7 Å². The summed E-state index contributed by atoms with van der Waals surface area (Å²) in [6.07, 6.45) is 3.17. The fourth-order valence-corrected chi connectivity index (χ4v) is 1.48. The molecule has 4 nitrogen and oxygen atoms in total. The molecule has 0 saturated heterocycles. The molecule has 0 aliphatic carbocycles. The third-order valence-electron chi connectivity index (χ3n) is 3.10. The SMILES string of the molecule is COc1ccc(C=CC(=O)OCCN(C)C(C)C)cc1.Cl. The van der Waals surface area contributed by atoms with Gasteiger partial charge in [-0.3, -0.25) is 0 Å². The van der Waals surface area contributed by atoms with E-state index in [4.69, 9.17) is 9.47 Å². The number of nitrogens with zero attached hydrogens (tertiary/aromatic N) is 1. The number of hydrogen-bond acceptors (Lipinski definition) is 4. The number of esters is 1. The molecule has 0 aliphatic heterocycles. The average molecular weight is 314 g/mol. The van der Waals surface area contributed by atoms with E-state index in [1.54, 1.807) is 13.2 Å². The van der Waals surface area contributed by atoms with Crippen molar-refractivity contribution in [3.8, 4) is 5.75 Å². The number of ether oxygens (including phenoxy) is 2. The lowest BCUT2D eigenvalue weighted by Crippen LogP contribution is -2.30. The number of carbonyl (C=O) groups is 1. The quantitative estimate of drug-likeness (QED) is 0.573. The summed E-state index contributed by atoms with van der Waals surface area (Å²) in [7, 11) is 3.63. The summed E-state index contributed by atoms with van der Waals surface area (Å²) in [6, 6.07) is 7.92. The highest BCUT2D eigenvalue weighted by molar-refractivity contribution is 5.87. The van der Waals surface area contributed by atoms with E-state index in [9.17, 15) is 4.79 Å². The molecule has 0 heterocycles. The molecule has 0 aromatic heterocycles. The predicted octanol–water partition coefficient (Wildman–Crippen LogP) is 3.01. The Morgan fingerprint density at radius 3 is 2.43 bits per heavy atom. The largest absolute Gasteiger partial charge is 0.497 e. The number of carbonyl (C=O) groups excluding carboxylic acids is 1. The van der Waals surface area contributed by atoms with Gasteiger partial charge >= 0.3 is 5.97 Å². The van der Waals surface area contributed by atoms with Gasteiger partial charge in [0, 0.05) is 18.7 Å². The summed E-state index contributed by atoms with van der Waals surface area (Å²) in [4.78, 5) is 13.7. The number of hydrogen-bond donors (Lipinski definition) is 0. The summed E-state index contributed by atoms with van der Waals surface area (Å²) >= 11 is 0. The molecule has 0 N–H and O–H groups in total. The van der Waals surface area contributed by atoms with Crippen molar-refractivity contribution < 1.29 is 14.3 Å². The third kappa shape index (κ3) is 7.73. The zero-order valence-electron chi connectivity index (χ0n) is 13.0. The Balaban J connectivity index is 0.00000400. The van der Waals surface area contributed by atoms with Crippen LogP contribution in [0.2, 0.25) is 0 Å². The second kappa shape index (κ2) is 10.2. The van der Waals surface area contributed by atoms with Crippen LogP contribution < -0.4 is 4.74 Å². The summed E-state index contributed by atoms with van der Waals surface area (Å²) in [5.41, 5.74) is 0.932. The summed E-state index contributed by atoms with van der Waals surface area (Å²) < 4.78 is 10.2. The van der Waals surface area contributed by atoms with E-state index in [1.165, 1.54) is 6.08 Å². The first-order chi connectivity index (χ1) is 9.52. The van der Waals surface area contributed by atoms with Gasteiger partial charge in [0.05, 0.1) is 7.11 Å². The van der Waals surface area contributed by atoms with Crippen molar-refractivity contribution in [3.05, 3.63) is 35.9 Å². The van der Waals surface area contributed by atoms with E-state index >= 15 is 0 Å². The molecule has 1 rings (SSSR count). The van der Waals surface area contributed by atoms with Crippen molar-refractivity contribution in [1.82, 2.24) is 4.90 Å². The van der Waals surface area contributed by atoms with Gasteiger partial charge in [0.1, 0.15) is 12.4 Å². The van der Waals surface area contributed by atoms with Gasteiger partial charge in [-0.25, -0.2) is 4.79 Å². The minimum absolute atomic E-state index is 0. The van der Waals surface area contributed by atoms with Crippen LogP contribution in [0.25, 0.3) is 6.08 Å². The number of rotatable bonds is 7. The van der Waals surface area contributed by atoms with Crippen LogP contribution in [0.1, 0.15) is 19.4 Å². The molecule has 0 bridgehead atoms. The highest BCUT2D eigenvalue weighted by Crippen LogP contribution is 2.12. The van der Waals surface area contributed by atoms with Crippen LogP contribution in [0.3, 0.4) is 0 Å². The summed E-state index contributed by atoms with van der Waals surface area (Å²) in [5.74, 6) is 0.472. The van der Waals surface area contributed by atoms with Gasteiger partial charge in [0.25, 0.3) is 0 Å². The summed E-state index contributed by atoms with van der Waals surface area (Å²) in [6.45, 7) is 5.34. The van der Waals surface area contributed by atoms with E-state index in [-0.39, 0.29) is 18.4 Å². The lowest BCUT2D eigenvalue weighted by atomic mass is 10.2. The van der Waals surface area contributed by atoms with Crippen molar-refractivity contribution in [1.29, 1.82) is 0 Å². The van der Waals surface area contributed by atoms with Crippen molar-refractivity contribution in [2.45, 2.75) is 19.9 Å². The molecule has 0 unspecified atom stereocenters. The van der Waals surface area contributed by atoms with Crippen LogP contribution in [0.4, 0.5) is 0 Å². The topological polar surface area (TPSA) is 38.8 Å². The molecule has 21 heavy (non-hydrogen) atoms. The average Bonchev–Trinajstić information content (AvgIpc) is 2.45. The smallest absolute Gasteiger partial charge is 0.330 e. The molecule has 0 saturated carbocycles. The highest BCUT2D eigenvalue weighted by Gasteiger charge is 2.04. The van der Waals surface area contributed by atoms with E-state index < -0.39 is 0 Å². The first-order valence-electron chi connectivity index (χ1n) is 6.72. The van der Waals surface area contributed by atoms with Gasteiger partial charge in [-0.1, -0.05) is 12.1 Å². The van der Waals surface area contributed by atoms with E-state index in [0.29, 0.717) is 12.6 Å². The van der Waals surface area contributed by atoms with Crippen molar-refractivity contribution in [3.63, 3.8) is 0 Å². The van der Waals surface area contributed by atoms with E-state index in [1.807, 2.05) is 31.3 Å². The van der Waals surface area contributed by atoms with Gasteiger partial charge in [0.15, 0.2) is 0 Å². The maximum atomic E-state index is 11.5. The van der Waals surface area contributed by atoms with Gasteiger partial charge < -0.3 is 14.4 Å². The molecule has 1 aromatic carbocycles. The van der Waals surface area contributed by atoms with Crippen molar-refractivity contribution in [2.24, 2.45) is 0 Å². The van der Waals surface area contributed by atoms with Gasteiger partial charge in [-0.2, -0.15) is 0 Å². The molecule has 0 fully saturated rings. The number of likely N-dealkylation sites (N-methyl/N-ethyl adjacent to an activating group) is 1. The number of methoxy groups -OCH3 is 1. The van der Waals surface area contributed by atoms with Crippen LogP contribution >= 0.6 is 12.4 Å². The third-order valence-corrected chi connectivity index (χ3v) is 3.10. The fraction of sp³-hybridized carbons (Fsp3) is 0.438. The van der Waals surface area contributed by atoms with E-state index in [0.717, 1.165) is 17.9 Å². The second-order valence-corrected chi connectivity index (χ2v) is 4.85. The van der Waals surface area contributed by atoms with Crippen LogP contribution in [0.5, 0.6) is 5.75 Å². The molecule has 5 heteroatoms. The molecule has 1 aromatic rings. The van der Waals surface area contributed by atoms with Gasteiger partial charge in [0.2, 0.25) is 0 Å². The first-order valence-corrected chi connectivity index (χ1v) is 6.72. The van der Waals surface area contributed by atoms with Gasteiger partial charge in [-0.15, -0.1) is 12.4 Å². The Labute approximate surface area is 133 Å². The Morgan fingerprint density at radius 2 is 1.90 bits per heavy atom. The monoisotopic (exact) mass is 313 g/mol. The maximum absolute atomic E-state index is 11.5. The normalized spacial score (nSPS) is 10.8. The zero-order valence-corrected chi connectivity index (χ0v) is 13.9. The second-order valence-electron chi connectivity index (χ2n) is 4.85. The van der Waals surface area contributed by atoms with Crippen LogP contribution in [-0.4, -0.2) is 44.2 Å². The minimum Gasteiger partial charge on any atom is -0.497 e. The Hall–Kier alpha value is -1.52. The molecule has 118 valence electrons. The first kappa shape index (κ1) is 19.5. The maximum Gasteiger partial charge on any atom is 0.330 e. The number of halogens is 1. The molecular weight excluding hydrogens is 290 g/mol. The van der Waals surface area contributed by atoms with Crippen molar-refractivity contribution >= 4 is 24.5 Å². The molecular formula is C16H24ClNO3. The predicted molar refractivity (Wildman–Crippen MR) is 88.0 cm³/mol. The highest BCUT2D eigenvalue weighted by atomic mass is 35.5. The lowest BCUT2D eigenvalue weighted by Gasteiger charge is -2.20. The molecule has 0 radical (unpaired) electrons. The molecule has 0 spiro atoms. The molecule has 0 amide bonds. The Morgan fingerprint density at radius 1 is 1.29 bits per heavy atom. The molecule has 0 aliphatic rings. The van der Waals surface area contributed by atoms with Crippen molar-refractivity contribution in [2.75, 3.05) is 27.3 Å². The Kier molecular flexibility index (Phi) is 9.50. The minimum atomic E-state index is -0.321. The van der Waals surface area contributed by atoms with Crippen LogP contribution in [0.15, 0.2) is 30.3 Å². The fourth-order valence-electron chi connectivity index (χ4n) is 1.48. The van der Waals surface area contributed by atoms with Gasteiger partial charge in [-0.05, 0) is 44.7 Å². The summed E-state index contributed by atoms with van der Waals surface area (Å²) in [5, 5.41) is 0. The Bertz CT molecular complexity index is 443.